The number of allylic oxidation sites excluding steroid dienone is 1. The first kappa shape index (κ1) is 47.0. The van der Waals surface area contributed by atoms with Crippen LogP contribution in [0.1, 0.15) is 146 Å². The van der Waals surface area contributed by atoms with Crippen LogP contribution >= 0.6 is 0 Å². The number of carboxylic acids is 1. The Hall–Kier alpha value is -1.54. The summed E-state index contributed by atoms with van der Waals surface area (Å²) < 4.78 is 59.9. The van der Waals surface area contributed by atoms with E-state index >= 15 is 0 Å². The number of aliphatic carboxylic acids is 1. The van der Waals surface area contributed by atoms with Crippen LogP contribution in [0.3, 0.4) is 0 Å². The highest BCUT2D eigenvalue weighted by Gasteiger charge is 2.71. The van der Waals surface area contributed by atoms with Gasteiger partial charge in [-0.15, -0.1) is 0 Å². The molecule has 1 heterocycles. The number of sulfone groups is 1. The third-order valence-corrected chi connectivity index (χ3v) is 21.7. The second-order valence-corrected chi connectivity index (χ2v) is 27.4. The quantitative estimate of drug-likeness (QED) is 0.120. The van der Waals surface area contributed by atoms with Gasteiger partial charge in [0.1, 0.15) is 6.10 Å². The number of ether oxygens (including phenoxy) is 1. The number of hydrogen-bond donors (Lipinski definition) is 3. The lowest BCUT2D eigenvalue weighted by Crippen LogP contribution is -2.69. The molecule has 3 N–H and O–H groups in total. The highest BCUT2D eigenvalue weighted by atomic mass is 32.2. The number of sulfonamides is 1. The Balaban J connectivity index is 1.23. The number of nitrogens with one attached hydrogen (secondary N) is 2. The molecular weight excluding hydrogens is 787 g/mol. The van der Waals surface area contributed by atoms with Gasteiger partial charge in [0.15, 0.2) is 9.84 Å². The zero-order chi connectivity index (χ0) is 43.8. The molecule has 0 unspecified atom stereocenters. The van der Waals surface area contributed by atoms with Crippen molar-refractivity contribution < 1.29 is 36.3 Å². The molecule has 1 aliphatic heterocycles. The van der Waals surface area contributed by atoms with Gasteiger partial charge in [-0.25, -0.2) is 21.6 Å². The molecule has 11 nitrogen and oxygen atoms in total. The monoisotopic (exact) mass is 866 g/mol. The lowest BCUT2D eigenvalue weighted by molar-refractivity contribution is -0.246. The number of rotatable bonds is 14. The predicted octanol–water partition coefficient (Wildman–Crippen LogP) is 7.22. The smallest absolute Gasteiger partial charge is 0.306 e. The Bertz CT molecular complexity index is 1830. The van der Waals surface area contributed by atoms with Gasteiger partial charge in [0.2, 0.25) is 10.0 Å². The zero-order valence-corrected chi connectivity index (χ0v) is 39.8. The maximum absolute atomic E-state index is 13.3. The Morgan fingerprint density at radius 2 is 1.54 bits per heavy atom. The molecule has 0 aromatic rings. The molecular formula is C46H79N3O8S2. The molecule has 0 amide bonds. The van der Waals surface area contributed by atoms with Crippen molar-refractivity contribution in [2.24, 2.45) is 56.7 Å². The third kappa shape index (κ3) is 8.61. The van der Waals surface area contributed by atoms with Gasteiger partial charge in [-0.2, -0.15) is 0 Å². The third-order valence-electron chi connectivity index (χ3n) is 18.3. The van der Waals surface area contributed by atoms with E-state index in [9.17, 15) is 31.5 Å². The Kier molecular flexibility index (Phi) is 12.9. The van der Waals surface area contributed by atoms with Gasteiger partial charge in [0, 0.05) is 43.2 Å². The summed E-state index contributed by atoms with van der Waals surface area (Å²) in [6, 6.07) is -0.163. The number of fused-ring (bicyclic) bond motifs is 7. The van der Waals surface area contributed by atoms with Crippen molar-refractivity contribution in [3.63, 3.8) is 0 Å². The normalized spacial score (nSPS) is 39.9. The van der Waals surface area contributed by atoms with Crippen LogP contribution in [0.2, 0.25) is 0 Å². The Morgan fingerprint density at radius 3 is 2.15 bits per heavy atom. The summed E-state index contributed by atoms with van der Waals surface area (Å²) in [6.07, 6.45) is 10.6. The summed E-state index contributed by atoms with van der Waals surface area (Å²) >= 11 is 0. The molecule has 59 heavy (non-hydrogen) atoms. The fourth-order valence-electron chi connectivity index (χ4n) is 14.8. The summed E-state index contributed by atoms with van der Waals surface area (Å²) in [5.41, 5.74) is 0.638. The highest BCUT2D eigenvalue weighted by molar-refractivity contribution is 7.91. The maximum atomic E-state index is 13.3. The fraction of sp³-hybridized carbons (Fsp3) is 0.913. The first-order valence-corrected chi connectivity index (χ1v) is 26.2. The van der Waals surface area contributed by atoms with Gasteiger partial charge in [-0.3, -0.25) is 14.5 Å². The van der Waals surface area contributed by atoms with E-state index in [4.69, 9.17) is 4.74 Å². The summed E-state index contributed by atoms with van der Waals surface area (Å²) in [5.74, 6) is 1.27. The van der Waals surface area contributed by atoms with Gasteiger partial charge >= 0.3 is 11.9 Å². The van der Waals surface area contributed by atoms with Crippen molar-refractivity contribution >= 4 is 31.8 Å². The lowest BCUT2D eigenvalue weighted by Gasteiger charge is -2.73. The number of hydrogen-bond acceptors (Lipinski definition) is 9. The predicted molar refractivity (Wildman–Crippen MR) is 234 cm³/mol. The van der Waals surface area contributed by atoms with Crippen molar-refractivity contribution in [3.8, 4) is 0 Å². The molecule has 0 spiro atoms. The maximum Gasteiger partial charge on any atom is 0.306 e. The average Bonchev–Trinajstić information content (AvgIpc) is 3.49. The topological polar surface area (TPSA) is 159 Å². The average molecular weight is 866 g/mol. The van der Waals surface area contributed by atoms with Crippen LogP contribution in [0.15, 0.2) is 12.2 Å². The molecule has 0 aromatic heterocycles. The van der Waals surface area contributed by atoms with Crippen LogP contribution in [-0.2, 0) is 34.2 Å². The number of carbonyl (C=O) groups is 2. The zero-order valence-electron chi connectivity index (χ0n) is 38.1. The van der Waals surface area contributed by atoms with Crippen molar-refractivity contribution in [1.82, 2.24) is 14.9 Å². The molecule has 6 fully saturated rings. The fourth-order valence-corrected chi connectivity index (χ4v) is 16.8. The number of nitrogens with zero attached hydrogens (tertiary/aromatic N) is 1. The molecule has 6 rings (SSSR count). The minimum absolute atomic E-state index is 0.0717. The van der Waals surface area contributed by atoms with Crippen LogP contribution in [0.4, 0.5) is 0 Å². The van der Waals surface area contributed by atoms with Crippen LogP contribution < -0.4 is 10.0 Å². The van der Waals surface area contributed by atoms with Crippen LogP contribution in [0.5, 0.6) is 0 Å². The lowest BCUT2D eigenvalue weighted by atomic mass is 9.32. The molecule has 5 saturated carbocycles. The number of carboxylic acid groups (broad SMARTS) is 1. The van der Waals surface area contributed by atoms with Gasteiger partial charge in [0.25, 0.3) is 0 Å². The molecule has 0 bridgehead atoms. The van der Waals surface area contributed by atoms with E-state index in [0.717, 1.165) is 57.8 Å². The minimum Gasteiger partial charge on any atom is -0.481 e. The number of carbonyl (C=O) groups excluding carboxylic acids is 1. The van der Waals surface area contributed by atoms with Crippen LogP contribution in [-0.4, -0.2) is 99.4 Å². The van der Waals surface area contributed by atoms with E-state index in [1.165, 1.54) is 12.0 Å². The Morgan fingerprint density at radius 1 is 0.881 bits per heavy atom. The van der Waals surface area contributed by atoms with Crippen molar-refractivity contribution in [2.45, 2.75) is 169 Å². The molecule has 0 radical (unpaired) electrons. The molecule has 13 heteroatoms. The van der Waals surface area contributed by atoms with Gasteiger partial charge in [-0.05, 0) is 136 Å². The van der Waals surface area contributed by atoms with Gasteiger partial charge in [-0.1, -0.05) is 60.6 Å². The minimum atomic E-state index is -3.49. The van der Waals surface area contributed by atoms with Crippen LogP contribution in [0.25, 0.3) is 0 Å². The number of esters is 1. The van der Waals surface area contributed by atoms with E-state index in [2.05, 4.69) is 63.1 Å². The molecule has 5 aliphatic carbocycles. The first-order valence-electron chi connectivity index (χ1n) is 22.9. The van der Waals surface area contributed by atoms with Crippen molar-refractivity contribution in [3.05, 3.63) is 12.2 Å². The highest BCUT2D eigenvalue weighted by Crippen LogP contribution is 2.76. The van der Waals surface area contributed by atoms with Crippen LogP contribution in [0, 0.1) is 56.7 Å². The van der Waals surface area contributed by atoms with E-state index in [0.29, 0.717) is 49.2 Å². The molecule has 1 saturated heterocycles. The van der Waals surface area contributed by atoms with Crippen molar-refractivity contribution in [1.29, 1.82) is 0 Å². The second kappa shape index (κ2) is 16.2. The van der Waals surface area contributed by atoms with E-state index in [1.54, 1.807) is 13.8 Å². The van der Waals surface area contributed by atoms with E-state index in [1.807, 2.05) is 13.8 Å². The summed E-state index contributed by atoms with van der Waals surface area (Å²) in [6.45, 7) is 27.9. The van der Waals surface area contributed by atoms with Gasteiger partial charge in [0.05, 0.1) is 29.6 Å². The molecule has 338 valence electrons. The molecule has 11 atom stereocenters. The summed E-state index contributed by atoms with van der Waals surface area (Å²) in [7, 11) is -6.59. The summed E-state index contributed by atoms with van der Waals surface area (Å²) in [4.78, 5) is 26.9. The van der Waals surface area contributed by atoms with E-state index < -0.39 is 36.5 Å². The summed E-state index contributed by atoms with van der Waals surface area (Å²) in [5, 5.41) is 13.0. The SMILES string of the molecule is C=C(C)[C@@H]1CC[C@]2(NC[C@H](CNS(=O)(=O)C(C)C)N3CCS(=O)(=O)CC3)CC[C@]3(C)[C@H](CC[C@@H]4[C@@]5(C)CC[C@H](OC(=O)CC(C)(C)CC(=O)O)C(C)(C)[C@@H]5CC[C@]43C)[C@@H]12. The van der Waals surface area contributed by atoms with Crippen molar-refractivity contribution in [2.75, 3.05) is 37.7 Å². The molecule has 6 aliphatic rings. The first-order chi connectivity index (χ1) is 27.1. The van der Waals surface area contributed by atoms with Gasteiger partial charge < -0.3 is 15.2 Å². The molecule has 0 aromatic carbocycles. The second-order valence-electron chi connectivity index (χ2n) is 22.8. The largest absolute Gasteiger partial charge is 0.481 e. The Labute approximate surface area is 357 Å². The van der Waals surface area contributed by atoms with E-state index in [-0.39, 0.29) is 76.2 Å². The standard InChI is InChI=1S/C46H79N3O8S2/c1-30(2)33-14-19-46(47-28-32(29-48-59(55,56)31(3)4)49-22-24-58(53,54)25-23-49)21-20-44(10)34(40(33)46)12-13-36-43(9)17-16-37(42(7,8)35(43)15-18-45(36,44)11)57-39(52)27-41(5,6)26-38(50)51/h31-37,40,47-48H,1,12-29H2,2-11H3,(H,50,51)/t32-,33+,34-,35+,36-,37+,40-,43+,44-,45-,46+/m1/s1.